The molecule has 0 unspecified atom stereocenters. The smallest absolute Gasteiger partial charge is 0.146 e. The van der Waals surface area contributed by atoms with E-state index in [2.05, 4.69) is 4.98 Å². The van der Waals surface area contributed by atoms with Gasteiger partial charge < -0.3 is 5.84 Å². The lowest BCUT2D eigenvalue weighted by Gasteiger charge is -2.05. The van der Waals surface area contributed by atoms with Gasteiger partial charge in [-0.15, -0.1) is 0 Å². The predicted octanol–water partition coefficient (Wildman–Crippen LogP) is 1.87. The largest absolute Gasteiger partial charge is 0.337 e. The van der Waals surface area contributed by atoms with Gasteiger partial charge in [0.15, 0.2) is 0 Å². The van der Waals surface area contributed by atoms with Crippen LogP contribution in [0.5, 0.6) is 0 Å². The van der Waals surface area contributed by atoms with Crippen LogP contribution in [0.25, 0.3) is 11.3 Å². The molecule has 5 heteroatoms. The molecule has 0 amide bonds. The van der Waals surface area contributed by atoms with Crippen LogP contribution < -0.4 is 5.84 Å². The number of hydrogen-bond acceptors (Lipinski definition) is 4. The average molecular weight is 228 g/mol. The minimum atomic E-state index is 0.288. The lowest BCUT2D eigenvalue weighted by molar-refractivity contribution is 0.914. The summed E-state index contributed by atoms with van der Waals surface area (Å²) in [4.78, 5) is 4.13. The summed E-state index contributed by atoms with van der Waals surface area (Å²) in [5, 5.41) is 9.06. The third kappa shape index (κ3) is 1.66. The van der Waals surface area contributed by atoms with Crippen LogP contribution in [-0.2, 0) is 0 Å². The highest BCUT2D eigenvalue weighted by atomic mass is 32.1. The summed E-state index contributed by atoms with van der Waals surface area (Å²) in [5.74, 6) is 5.54. The van der Waals surface area contributed by atoms with Crippen molar-refractivity contribution in [1.82, 2.24) is 9.66 Å². The maximum absolute atomic E-state index is 9.06. The summed E-state index contributed by atoms with van der Waals surface area (Å²) in [7, 11) is 0. The molecule has 16 heavy (non-hydrogen) atoms. The van der Waals surface area contributed by atoms with Crippen LogP contribution in [0.3, 0.4) is 0 Å². The molecule has 0 saturated heterocycles. The minimum absolute atomic E-state index is 0.288. The van der Waals surface area contributed by atoms with Gasteiger partial charge in [-0.2, -0.15) is 5.26 Å². The van der Waals surface area contributed by atoms with Crippen LogP contribution in [-0.4, -0.2) is 9.66 Å². The minimum Gasteiger partial charge on any atom is -0.337 e. The first-order valence-electron chi connectivity index (χ1n) is 4.56. The molecule has 4 nitrogen and oxygen atoms in total. The molecule has 0 radical (unpaired) electrons. The van der Waals surface area contributed by atoms with Crippen molar-refractivity contribution >= 4 is 12.2 Å². The van der Waals surface area contributed by atoms with Crippen LogP contribution in [0.4, 0.5) is 0 Å². The van der Waals surface area contributed by atoms with Crippen molar-refractivity contribution in [1.29, 1.82) is 5.26 Å². The SMILES string of the molecule is N#Cc1c(-c2ccccc2)ncn(N)c1=S. The van der Waals surface area contributed by atoms with Crippen molar-refractivity contribution in [3.63, 3.8) is 0 Å². The molecule has 0 aliphatic heterocycles. The maximum Gasteiger partial charge on any atom is 0.146 e. The van der Waals surface area contributed by atoms with Gasteiger partial charge >= 0.3 is 0 Å². The summed E-state index contributed by atoms with van der Waals surface area (Å²) in [6, 6.07) is 11.4. The normalized spacial score (nSPS) is 9.69. The van der Waals surface area contributed by atoms with E-state index in [4.69, 9.17) is 23.3 Å². The number of benzene rings is 1. The van der Waals surface area contributed by atoms with E-state index in [9.17, 15) is 0 Å². The number of hydrogen-bond donors (Lipinski definition) is 1. The zero-order chi connectivity index (χ0) is 11.5. The van der Waals surface area contributed by atoms with Crippen molar-refractivity contribution in [2.45, 2.75) is 0 Å². The summed E-state index contributed by atoms with van der Waals surface area (Å²) in [6.07, 6.45) is 1.41. The fourth-order valence-corrected chi connectivity index (χ4v) is 1.57. The molecule has 0 atom stereocenters. The molecule has 78 valence electrons. The van der Waals surface area contributed by atoms with Gasteiger partial charge in [-0.25, -0.2) is 9.66 Å². The monoisotopic (exact) mass is 228 g/mol. The zero-order valence-corrected chi connectivity index (χ0v) is 9.11. The van der Waals surface area contributed by atoms with Gasteiger partial charge in [-0.05, 0) is 0 Å². The highest BCUT2D eigenvalue weighted by Gasteiger charge is 2.09. The average Bonchev–Trinajstić information content (AvgIpc) is 2.33. The molecular formula is C11H8N4S. The summed E-state index contributed by atoms with van der Waals surface area (Å²) < 4.78 is 1.46. The molecule has 0 bridgehead atoms. The van der Waals surface area contributed by atoms with E-state index in [1.54, 1.807) is 0 Å². The third-order valence-corrected chi connectivity index (χ3v) is 2.57. The lowest BCUT2D eigenvalue weighted by Crippen LogP contribution is -2.12. The molecule has 2 aromatic rings. The molecule has 2 N–H and O–H groups in total. The first-order valence-corrected chi connectivity index (χ1v) is 4.97. The fourth-order valence-electron chi connectivity index (χ4n) is 1.38. The van der Waals surface area contributed by atoms with Crippen LogP contribution in [0.2, 0.25) is 0 Å². The van der Waals surface area contributed by atoms with E-state index >= 15 is 0 Å². The molecule has 0 spiro atoms. The zero-order valence-electron chi connectivity index (χ0n) is 8.29. The van der Waals surface area contributed by atoms with Crippen molar-refractivity contribution in [3.05, 3.63) is 46.9 Å². The number of nitrogens with zero attached hydrogens (tertiary/aromatic N) is 3. The van der Waals surface area contributed by atoms with Crippen LogP contribution in [0.1, 0.15) is 5.56 Å². The number of nitrogens with two attached hydrogens (primary N) is 1. The number of nitrogen functional groups attached to an aromatic ring is 1. The second-order valence-corrected chi connectivity index (χ2v) is 3.55. The number of nitriles is 1. The van der Waals surface area contributed by atoms with Gasteiger partial charge in [0, 0.05) is 5.56 Å². The molecule has 0 fully saturated rings. The first kappa shape index (κ1) is 10.3. The van der Waals surface area contributed by atoms with E-state index in [0.29, 0.717) is 11.3 Å². The first-order chi connectivity index (χ1) is 7.74. The molecule has 0 aliphatic rings. The Morgan fingerprint density at radius 1 is 1.31 bits per heavy atom. The van der Waals surface area contributed by atoms with Crippen molar-refractivity contribution in [3.8, 4) is 17.3 Å². The molecule has 1 aromatic carbocycles. The van der Waals surface area contributed by atoms with Gasteiger partial charge in [-0.3, -0.25) is 0 Å². The van der Waals surface area contributed by atoms with Crippen molar-refractivity contribution < 1.29 is 0 Å². The second kappa shape index (κ2) is 4.13. The van der Waals surface area contributed by atoms with Gasteiger partial charge in [0.05, 0.1) is 5.69 Å². The quantitative estimate of drug-likeness (QED) is 0.597. The Morgan fingerprint density at radius 2 is 2.00 bits per heavy atom. The Balaban J connectivity index is 2.74. The summed E-state index contributed by atoms with van der Waals surface area (Å²) >= 11 is 5.06. The van der Waals surface area contributed by atoms with E-state index in [-0.39, 0.29) is 4.64 Å². The van der Waals surface area contributed by atoms with E-state index < -0.39 is 0 Å². The Kier molecular flexibility index (Phi) is 2.66. The maximum atomic E-state index is 9.06. The van der Waals surface area contributed by atoms with E-state index in [1.165, 1.54) is 11.0 Å². The topological polar surface area (TPSA) is 67.6 Å². The molecule has 0 saturated carbocycles. The van der Waals surface area contributed by atoms with Gasteiger partial charge in [0.2, 0.25) is 0 Å². The summed E-state index contributed by atoms with van der Waals surface area (Å²) in [5.41, 5.74) is 1.74. The van der Waals surface area contributed by atoms with Crippen molar-refractivity contribution in [2.75, 3.05) is 5.84 Å². The van der Waals surface area contributed by atoms with Crippen LogP contribution >= 0.6 is 12.2 Å². The van der Waals surface area contributed by atoms with E-state index in [0.717, 1.165) is 5.56 Å². The number of rotatable bonds is 1. The third-order valence-electron chi connectivity index (χ3n) is 2.16. The van der Waals surface area contributed by atoms with Gasteiger partial charge in [0.1, 0.15) is 22.6 Å². The molecular weight excluding hydrogens is 220 g/mol. The Bertz CT molecular complexity index is 610. The fraction of sp³-hybridized carbons (Fsp3) is 0. The molecule has 0 aliphatic carbocycles. The molecule has 1 aromatic heterocycles. The second-order valence-electron chi connectivity index (χ2n) is 3.16. The van der Waals surface area contributed by atoms with Gasteiger partial charge in [-0.1, -0.05) is 42.5 Å². The Hall–Kier alpha value is -2.19. The van der Waals surface area contributed by atoms with Crippen molar-refractivity contribution in [2.24, 2.45) is 0 Å². The Labute approximate surface area is 97.6 Å². The lowest BCUT2D eigenvalue weighted by atomic mass is 10.1. The van der Waals surface area contributed by atoms with E-state index in [1.807, 2.05) is 36.4 Å². The molecule has 2 rings (SSSR count). The highest BCUT2D eigenvalue weighted by Crippen LogP contribution is 2.20. The van der Waals surface area contributed by atoms with Crippen LogP contribution in [0, 0.1) is 16.0 Å². The molecule has 1 heterocycles. The highest BCUT2D eigenvalue weighted by molar-refractivity contribution is 7.71. The standard InChI is InChI=1S/C11H8N4S/c12-6-9-10(8-4-2-1-3-5-8)14-7-15(13)11(9)16/h1-5,7H,13H2. The Morgan fingerprint density at radius 3 is 2.62 bits per heavy atom. The number of aromatic nitrogens is 2. The predicted molar refractivity (Wildman–Crippen MR) is 63.4 cm³/mol. The van der Waals surface area contributed by atoms with Gasteiger partial charge in [0.25, 0.3) is 0 Å². The van der Waals surface area contributed by atoms with Crippen LogP contribution in [0.15, 0.2) is 36.7 Å². The summed E-state index contributed by atoms with van der Waals surface area (Å²) in [6.45, 7) is 0.